The first kappa shape index (κ1) is 14.5. The zero-order chi connectivity index (χ0) is 14.2. The summed E-state index contributed by atoms with van der Waals surface area (Å²) in [6, 6.07) is 19.8. The summed E-state index contributed by atoms with van der Waals surface area (Å²) in [6.07, 6.45) is 1.19. The molecule has 0 amide bonds. The molecule has 0 aliphatic rings. The van der Waals surface area contributed by atoms with Gasteiger partial charge in [0.05, 0.1) is 19.3 Å². The Bertz CT molecular complexity index is 507. The van der Waals surface area contributed by atoms with Gasteiger partial charge in [-0.05, 0) is 11.1 Å². The minimum Gasteiger partial charge on any atom is -0.390 e. The minimum absolute atomic E-state index is 0.105. The SMILES string of the molecule is C=C[C@@H](c1ccccc1)[C@H](O)COCc1ccccc1. The Kier molecular flexibility index (Phi) is 5.54. The summed E-state index contributed by atoms with van der Waals surface area (Å²) < 4.78 is 5.59. The molecule has 0 saturated heterocycles. The highest BCUT2D eigenvalue weighted by Crippen LogP contribution is 2.21. The highest BCUT2D eigenvalue weighted by molar-refractivity contribution is 5.24. The number of hydrogen-bond acceptors (Lipinski definition) is 2. The van der Waals surface area contributed by atoms with Crippen LogP contribution in [0.25, 0.3) is 0 Å². The van der Waals surface area contributed by atoms with Gasteiger partial charge in [0.2, 0.25) is 0 Å². The third-order valence-corrected chi connectivity index (χ3v) is 3.25. The van der Waals surface area contributed by atoms with E-state index >= 15 is 0 Å². The van der Waals surface area contributed by atoms with Crippen LogP contribution in [0, 0.1) is 0 Å². The zero-order valence-electron chi connectivity index (χ0n) is 11.5. The van der Waals surface area contributed by atoms with E-state index < -0.39 is 6.10 Å². The van der Waals surface area contributed by atoms with Crippen molar-refractivity contribution in [1.82, 2.24) is 0 Å². The molecule has 0 aliphatic heterocycles. The molecular formula is C18H20O2. The topological polar surface area (TPSA) is 29.5 Å². The zero-order valence-corrected chi connectivity index (χ0v) is 11.5. The third-order valence-electron chi connectivity index (χ3n) is 3.25. The summed E-state index contributed by atoms with van der Waals surface area (Å²) >= 11 is 0. The molecule has 2 aromatic carbocycles. The first-order valence-corrected chi connectivity index (χ1v) is 6.78. The smallest absolute Gasteiger partial charge is 0.0876 e. The molecule has 0 aromatic heterocycles. The van der Waals surface area contributed by atoms with Gasteiger partial charge in [0.25, 0.3) is 0 Å². The average molecular weight is 268 g/mol. The van der Waals surface area contributed by atoms with Crippen molar-refractivity contribution in [3.63, 3.8) is 0 Å². The fraction of sp³-hybridized carbons (Fsp3) is 0.222. The normalized spacial score (nSPS) is 13.7. The van der Waals surface area contributed by atoms with Crippen LogP contribution in [0.3, 0.4) is 0 Å². The van der Waals surface area contributed by atoms with E-state index in [1.807, 2.05) is 60.7 Å². The monoisotopic (exact) mass is 268 g/mol. The molecule has 0 radical (unpaired) electrons. The maximum atomic E-state index is 10.2. The molecule has 0 aliphatic carbocycles. The van der Waals surface area contributed by atoms with Crippen molar-refractivity contribution in [3.8, 4) is 0 Å². The molecule has 20 heavy (non-hydrogen) atoms. The van der Waals surface area contributed by atoms with E-state index in [1.165, 1.54) is 0 Å². The Morgan fingerprint density at radius 1 is 1.00 bits per heavy atom. The van der Waals surface area contributed by atoms with Gasteiger partial charge >= 0.3 is 0 Å². The molecule has 2 rings (SSSR count). The lowest BCUT2D eigenvalue weighted by Crippen LogP contribution is -2.22. The van der Waals surface area contributed by atoms with Gasteiger partial charge in [-0.3, -0.25) is 0 Å². The van der Waals surface area contributed by atoms with Gasteiger partial charge in [0.15, 0.2) is 0 Å². The third kappa shape index (κ3) is 4.05. The van der Waals surface area contributed by atoms with Gasteiger partial charge in [-0.1, -0.05) is 66.7 Å². The second-order valence-corrected chi connectivity index (χ2v) is 4.74. The van der Waals surface area contributed by atoms with Gasteiger partial charge < -0.3 is 9.84 Å². The molecule has 0 heterocycles. The number of benzene rings is 2. The summed E-state index contributed by atoms with van der Waals surface area (Å²) in [6.45, 7) is 4.61. The van der Waals surface area contributed by atoms with Gasteiger partial charge in [0, 0.05) is 5.92 Å². The van der Waals surface area contributed by atoms with Crippen molar-refractivity contribution in [2.75, 3.05) is 6.61 Å². The number of aliphatic hydroxyl groups is 1. The molecular weight excluding hydrogens is 248 g/mol. The average Bonchev–Trinajstić information content (AvgIpc) is 2.50. The van der Waals surface area contributed by atoms with Gasteiger partial charge in [0.1, 0.15) is 0 Å². The highest BCUT2D eigenvalue weighted by Gasteiger charge is 2.17. The minimum atomic E-state index is -0.585. The Morgan fingerprint density at radius 2 is 1.60 bits per heavy atom. The molecule has 1 N–H and O–H groups in total. The van der Waals surface area contributed by atoms with Gasteiger partial charge in [-0.15, -0.1) is 6.58 Å². The first-order chi connectivity index (χ1) is 9.81. The standard InChI is InChI=1S/C18H20O2/c1-2-17(16-11-7-4-8-12-16)18(19)14-20-13-15-9-5-3-6-10-15/h2-12,17-19H,1,13-14H2/t17-,18+/m0/s1. The van der Waals surface area contributed by atoms with Gasteiger partial charge in [-0.2, -0.15) is 0 Å². The quantitative estimate of drug-likeness (QED) is 0.778. The summed E-state index contributed by atoms with van der Waals surface area (Å²) in [7, 11) is 0. The molecule has 0 bridgehead atoms. The van der Waals surface area contributed by atoms with Crippen LogP contribution < -0.4 is 0 Å². The lowest BCUT2D eigenvalue weighted by atomic mass is 9.94. The van der Waals surface area contributed by atoms with Crippen LogP contribution in [0.1, 0.15) is 17.0 Å². The molecule has 2 atom stereocenters. The second kappa shape index (κ2) is 7.63. The first-order valence-electron chi connectivity index (χ1n) is 6.78. The van der Waals surface area contributed by atoms with E-state index in [1.54, 1.807) is 6.08 Å². The summed E-state index contributed by atoms with van der Waals surface area (Å²) in [5.41, 5.74) is 2.16. The van der Waals surface area contributed by atoms with Crippen LogP contribution in [-0.4, -0.2) is 17.8 Å². The van der Waals surface area contributed by atoms with E-state index in [0.29, 0.717) is 13.2 Å². The van der Waals surface area contributed by atoms with E-state index in [9.17, 15) is 5.11 Å². The van der Waals surface area contributed by atoms with Crippen LogP contribution in [-0.2, 0) is 11.3 Å². The molecule has 0 spiro atoms. The molecule has 2 aromatic rings. The lowest BCUT2D eigenvalue weighted by molar-refractivity contribution is 0.0218. The molecule has 0 unspecified atom stereocenters. The fourth-order valence-electron chi connectivity index (χ4n) is 2.17. The Labute approximate surface area is 120 Å². The number of hydrogen-bond donors (Lipinski definition) is 1. The van der Waals surface area contributed by atoms with Crippen LogP contribution in [0.4, 0.5) is 0 Å². The summed E-state index contributed by atoms with van der Waals surface area (Å²) in [5.74, 6) is -0.105. The maximum absolute atomic E-state index is 10.2. The molecule has 0 fully saturated rings. The second-order valence-electron chi connectivity index (χ2n) is 4.74. The van der Waals surface area contributed by atoms with Crippen molar-refractivity contribution in [3.05, 3.63) is 84.4 Å². The largest absolute Gasteiger partial charge is 0.390 e. The van der Waals surface area contributed by atoms with Crippen molar-refractivity contribution >= 4 is 0 Å². The van der Waals surface area contributed by atoms with Crippen LogP contribution in [0.15, 0.2) is 73.3 Å². The number of rotatable bonds is 7. The Morgan fingerprint density at radius 3 is 2.20 bits per heavy atom. The highest BCUT2D eigenvalue weighted by atomic mass is 16.5. The summed E-state index contributed by atoms with van der Waals surface area (Å²) in [5, 5.41) is 10.2. The molecule has 2 nitrogen and oxygen atoms in total. The van der Waals surface area contributed by atoms with E-state index in [-0.39, 0.29) is 5.92 Å². The molecule has 0 saturated carbocycles. The predicted octanol–water partition coefficient (Wildman–Crippen LogP) is 3.53. The molecule has 104 valence electrons. The van der Waals surface area contributed by atoms with E-state index in [4.69, 9.17) is 4.74 Å². The van der Waals surface area contributed by atoms with Crippen LogP contribution >= 0.6 is 0 Å². The Hall–Kier alpha value is -1.90. The van der Waals surface area contributed by atoms with Crippen LogP contribution in [0.2, 0.25) is 0 Å². The fourth-order valence-corrected chi connectivity index (χ4v) is 2.17. The number of aliphatic hydroxyl groups excluding tert-OH is 1. The van der Waals surface area contributed by atoms with Gasteiger partial charge in [-0.25, -0.2) is 0 Å². The number of ether oxygens (including phenoxy) is 1. The summed E-state index contributed by atoms with van der Waals surface area (Å²) in [4.78, 5) is 0. The van der Waals surface area contributed by atoms with Crippen LogP contribution in [0.5, 0.6) is 0 Å². The van der Waals surface area contributed by atoms with Crippen molar-refractivity contribution in [2.45, 2.75) is 18.6 Å². The van der Waals surface area contributed by atoms with Crippen molar-refractivity contribution in [2.24, 2.45) is 0 Å². The van der Waals surface area contributed by atoms with Crippen molar-refractivity contribution in [1.29, 1.82) is 0 Å². The maximum Gasteiger partial charge on any atom is 0.0876 e. The predicted molar refractivity (Wildman–Crippen MR) is 81.5 cm³/mol. The van der Waals surface area contributed by atoms with E-state index in [0.717, 1.165) is 11.1 Å². The van der Waals surface area contributed by atoms with Crippen molar-refractivity contribution < 1.29 is 9.84 Å². The Balaban J connectivity index is 1.87. The van der Waals surface area contributed by atoms with E-state index in [2.05, 4.69) is 6.58 Å². The molecule has 2 heteroatoms. The lowest BCUT2D eigenvalue weighted by Gasteiger charge is -2.20.